The maximum atomic E-state index is 5.47. The van der Waals surface area contributed by atoms with Gasteiger partial charge in [0.15, 0.2) is 0 Å². The molecule has 0 amide bonds. The van der Waals surface area contributed by atoms with Crippen LogP contribution in [0.4, 0.5) is 0 Å². The van der Waals surface area contributed by atoms with Gasteiger partial charge < -0.3 is 4.74 Å². The van der Waals surface area contributed by atoms with E-state index in [4.69, 9.17) is 4.74 Å². The van der Waals surface area contributed by atoms with Gasteiger partial charge in [-0.2, -0.15) is 0 Å². The van der Waals surface area contributed by atoms with Crippen LogP contribution in [0.25, 0.3) is 5.57 Å². The van der Waals surface area contributed by atoms with Crippen molar-refractivity contribution in [2.45, 2.75) is 13.8 Å². The minimum Gasteiger partial charge on any atom is -0.494 e. The zero-order valence-electron chi connectivity index (χ0n) is 13.1. The van der Waals surface area contributed by atoms with Crippen LogP contribution in [0, 0.1) is 11.8 Å². The summed E-state index contributed by atoms with van der Waals surface area (Å²) in [6.07, 6.45) is 1.81. The van der Waals surface area contributed by atoms with Crippen LogP contribution >= 0.6 is 0 Å². The van der Waals surface area contributed by atoms with Crippen molar-refractivity contribution in [1.29, 1.82) is 0 Å². The first-order valence-electron chi connectivity index (χ1n) is 7.38. The Labute approximate surface area is 133 Å². The molecule has 0 bridgehead atoms. The number of ether oxygens (including phenoxy) is 1. The van der Waals surface area contributed by atoms with E-state index in [1.54, 1.807) is 0 Å². The molecule has 0 aromatic heterocycles. The highest BCUT2D eigenvalue weighted by atomic mass is 16.5. The van der Waals surface area contributed by atoms with Gasteiger partial charge in [-0.25, -0.2) is 0 Å². The van der Waals surface area contributed by atoms with E-state index in [1.807, 2.05) is 67.6 Å². The molecule has 0 saturated carbocycles. The average molecular weight is 288 g/mol. The lowest BCUT2D eigenvalue weighted by atomic mass is 10.0. The molecule has 0 atom stereocenters. The lowest BCUT2D eigenvalue weighted by molar-refractivity contribution is 0.340. The van der Waals surface area contributed by atoms with E-state index < -0.39 is 0 Å². The van der Waals surface area contributed by atoms with Gasteiger partial charge in [0.2, 0.25) is 0 Å². The summed E-state index contributed by atoms with van der Waals surface area (Å²) >= 11 is 0. The minimum atomic E-state index is 0.675. The maximum Gasteiger partial charge on any atom is 0.119 e. The molecule has 2 aromatic carbocycles. The Morgan fingerprint density at radius 1 is 1.09 bits per heavy atom. The second kappa shape index (κ2) is 7.90. The standard InChI is InChI=1S/C21H20O/c1-4-19(12-11-18-9-7-6-8-10-18)17(3)20-13-15-21(16-14-20)22-5-2/h4,6-10,13-16H,1,5H2,2-3H3/b19-17+. The summed E-state index contributed by atoms with van der Waals surface area (Å²) in [6.45, 7) is 8.60. The van der Waals surface area contributed by atoms with Gasteiger partial charge in [0.1, 0.15) is 5.75 Å². The van der Waals surface area contributed by atoms with E-state index in [-0.39, 0.29) is 0 Å². The topological polar surface area (TPSA) is 9.23 Å². The van der Waals surface area contributed by atoms with Gasteiger partial charge in [-0.05, 0) is 49.2 Å². The van der Waals surface area contributed by atoms with Gasteiger partial charge in [0.25, 0.3) is 0 Å². The fourth-order valence-electron chi connectivity index (χ4n) is 2.08. The van der Waals surface area contributed by atoms with Crippen LogP contribution in [0.3, 0.4) is 0 Å². The third-order valence-electron chi connectivity index (χ3n) is 3.32. The normalized spacial score (nSPS) is 11.0. The van der Waals surface area contributed by atoms with Crippen molar-refractivity contribution >= 4 is 5.57 Å². The van der Waals surface area contributed by atoms with Crippen molar-refractivity contribution in [2.24, 2.45) is 0 Å². The fourth-order valence-corrected chi connectivity index (χ4v) is 2.08. The quantitative estimate of drug-likeness (QED) is 0.562. The van der Waals surface area contributed by atoms with E-state index in [2.05, 4.69) is 25.3 Å². The summed E-state index contributed by atoms with van der Waals surface area (Å²) in [5, 5.41) is 0. The first-order valence-corrected chi connectivity index (χ1v) is 7.38. The number of hydrogen-bond acceptors (Lipinski definition) is 1. The molecule has 1 heteroatoms. The Morgan fingerprint density at radius 3 is 2.36 bits per heavy atom. The highest BCUT2D eigenvalue weighted by Crippen LogP contribution is 2.21. The summed E-state index contributed by atoms with van der Waals surface area (Å²) < 4.78 is 5.47. The molecule has 0 fully saturated rings. The first kappa shape index (κ1) is 15.7. The molecule has 2 rings (SSSR count). The molecule has 0 saturated heterocycles. The molecule has 2 aromatic rings. The SMILES string of the molecule is C=C/C(C#Cc1ccccc1)=C(/C)c1ccc(OCC)cc1. The van der Waals surface area contributed by atoms with Gasteiger partial charge in [-0.1, -0.05) is 54.8 Å². The monoisotopic (exact) mass is 288 g/mol. The lowest BCUT2D eigenvalue weighted by Crippen LogP contribution is -1.91. The van der Waals surface area contributed by atoms with E-state index in [9.17, 15) is 0 Å². The molecule has 0 heterocycles. The second-order valence-electron chi connectivity index (χ2n) is 4.82. The van der Waals surface area contributed by atoms with Crippen LogP contribution in [0.2, 0.25) is 0 Å². The van der Waals surface area contributed by atoms with Crippen molar-refractivity contribution in [3.8, 4) is 17.6 Å². The third kappa shape index (κ3) is 4.14. The van der Waals surface area contributed by atoms with Gasteiger partial charge in [-0.3, -0.25) is 0 Å². The number of rotatable bonds is 4. The average Bonchev–Trinajstić information content (AvgIpc) is 2.57. The van der Waals surface area contributed by atoms with E-state index >= 15 is 0 Å². The highest BCUT2D eigenvalue weighted by Gasteiger charge is 2.01. The van der Waals surface area contributed by atoms with Gasteiger partial charge in [-0.15, -0.1) is 0 Å². The first-order chi connectivity index (χ1) is 10.7. The Balaban J connectivity index is 2.29. The van der Waals surface area contributed by atoms with Crippen molar-refractivity contribution < 1.29 is 4.74 Å². The molecule has 0 aliphatic carbocycles. The number of hydrogen-bond donors (Lipinski definition) is 0. The van der Waals surface area contributed by atoms with E-state index in [1.165, 1.54) is 0 Å². The molecule has 0 N–H and O–H groups in total. The van der Waals surface area contributed by atoms with E-state index in [0.717, 1.165) is 28.0 Å². The van der Waals surface area contributed by atoms with Gasteiger partial charge in [0.05, 0.1) is 6.61 Å². The summed E-state index contributed by atoms with van der Waals surface area (Å²) in [6, 6.07) is 18.0. The zero-order chi connectivity index (χ0) is 15.8. The van der Waals surface area contributed by atoms with E-state index in [0.29, 0.717) is 6.61 Å². The Kier molecular flexibility index (Phi) is 5.63. The molecular weight excluding hydrogens is 268 g/mol. The van der Waals surface area contributed by atoms with Crippen LogP contribution in [0.5, 0.6) is 5.75 Å². The fraction of sp³-hybridized carbons (Fsp3) is 0.143. The summed E-state index contributed by atoms with van der Waals surface area (Å²) in [4.78, 5) is 0. The Hall–Kier alpha value is -2.72. The second-order valence-corrected chi connectivity index (χ2v) is 4.82. The van der Waals surface area contributed by atoms with Crippen LogP contribution < -0.4 is 4.74 Å². The van der Waals surface area contributed by atoms with Crippen LogP contribution in [-0.4, -0.2) is 6.61 Å². The number of allylic oxidation sites excluding steroid dienone is 3. The molecule has 0 aliphatic heterocycles. The molecule has 22 heavy (non-hydrogen) atoms. The minimum absolute atomic E-state index is 0.675. The maximum absolute atomic E-state index is 5.47. The van der Waals surface area contributed by atoms with Crippen molar-refractivity contribution in [2.75, 3.05) is 6.61 Å². The van der Waals surface area contributed by atoms with Crippen LogP contribution in [-0.2, 0) is 0 Å². The smallest absolute Gasteiger partial charge is 0.119 e. The van der Waals surface area contributed by atoms with Crippen molar-refractivity contribution in [1.82, 2.24) is 0 Å². The van der Waals surface area contributed by atoms with Crippen LogP contribution in [0.1, 0.15) is 25.0 Å². The van der Waals surface area contributed by atoms with Crippen molar-refractivity contribution in [3.63, 3.8) is 0 Å². The lowest BCUT2D eigenvalue weighted by Gasteiger charge is -2.06. The van der Waals surface area contributed by atoms with Crippen LogP contribution in [0.15, 0.2) is 72.8 Å². The summed E-state index contributed by atoms with van der Waals surface area (Å²) in [7, 11) is 0. The molecule has 0 unspecified atom stereocenters. The Morgan fingerprint density at radius 2 is 1.77 bits per heavy atom. The molecule has 0 radical (unpaired) electrons. The highest BCUT2D eigenvalue weighted by molar-refractivity contribution is 5.74. The number of benzene rings is 2. The Bertz CT molecular complexity index is 710. The predicted molar refractivity (Wildman–Crippen MR) is 93.7 cm³/mol. The zero-order valence-corrected chi connectivity index (χ0v) is 13.1. The third-order valence-corrected chi connectivity index (χ3v) is 3.32. The van der Waals surface area contributed by atoms with Gasteiger partial charge in [0, 0.05) is 11.1 Å². The molecule has 0 aliphatic rings. The summed E-state index contributed by atoms with van der Waals surface area (Å²) in [5.41, 5.74) is 4.18. The predicted octanol–water partition coefficient (Wildman–Crippen LogP) is 5.10. The molecule has 110 valence electrons. The molecular formula is C21H20O. The largest absolute Gasteiger partial charge is 0.494 e. The molecule has 0 spiro atoms. The van der Waals surface area contributed by atoms with Gasteiger partial charge >= 0.3 is 0 Å². The summed E-state index contributed by atoms with van der Waals surface area (Å²) in [5.74, 6) is 7.26. The molecule has 1 nitrogen and oxygen atoms in total. The van der Waals surface area contributed by atoms with Crippen molar-refractivity contribution in [3.05, 3.63) is 84.0 Å².